The Labute approximate surface area is 113 Å². The van der Waals surface area contributed by atoms with E-state index in [2.05, 4.69) is 4.98 Å². The van der Waals surface area contributed by atoms with E-state index >= 15 is 0 Å². The zero-order valence-corrected chi connectivity index (χ0v) is 10.9. The summed E-state index contributed by atoms with van der Waals surface area (Å²) in [7, 11) is 0. The molecule has 1 aromatic heterocycles. The van der Waals surface area contributed by atoms with E-state index < -0.39 is 12.0 Å². The van der Waals surface area contributed by atoms with Crippen molar-refractivity contribution in [1.29, 1.82) is 0 Å². The average Bonchev–Trinajstić information content (AvgIpc) is 3.04. The van der Waals surface area contributed by atoms with Gasteiger partial charge >= 0.3 is 5.97 Å². The molecule has 3 rings (SSSR count). The van der Waals surface area contributed by atoms with Crippen molar-refractivity contribution in [1.82, 2.24) is 9.88 Å². The summed E-state index contributed by atoms with van der Waals surface area (Å²) in [6.45, 7) is 0.492. The molecule has 1 aliphatic heterocycles. The quantitative estimate of drug-likeness (QED) is 0.910. The molecule has 19 heavy (non-hydrogen) atoms. The SMILES string of the molecule is O=C(O)C1CCCN1C(=O)c1nc2ccccc2s1. The lowest BCUT2D eigenvalue weighted by molar-refractivity contribution is -0.141. The van der Waals surface area contributed by atoms with Crippen molar-refractivity contribution in [2.24, 2.45) is 0 Å². The molecule has 1 unspecified atom stereocenters. The van der Waals surface area contributed by atoms with Crippen LogP contribution in [0.2, 0.25) is 0 Å². The molecular weight excluding hydrogens is 264 g/mol. The van der Waals surface area contributed by atoms with Crippen molar-refractivity contribution in [2.75, 3.05) is 6.54 Å². The van der Waals surface area contributed by atoms with Crippen LogP contribution in [0.15, 0.2) is 24.3 Å². The van der Waals surface area contributed by atoms with Crippen LogP contribution in [0, 0.1) is 0 Å². The Balaban J connectivity index is 1.93. The smallest absolute Gasteiger partial charge is 0.326 e. The van der Waals surface area contributed by atoms with E-state index in [-0.39, 0.29) is 5.91 Å². The highest BCUT2D eigenvalue weighted by atomic mass is 32.1. The average molecular weight is 276 g/mol. The first-order chi connectivity index (χ1) is 9.16. The zero-order chi connectivity index (χ0) is 13.4. The third-order valence-electron chi connectivity index (χ3n) is 3.28. The molecule has 1 atom stereocenters. The Hall–Kier alpha value is -1.95. The van der Waals surface area contributed by atoms with Gasteiger partial charge in [-0.05, 0) is 25.0 Å². The second-order valence-corrected chi connectivity index (χ2v) is 5.51. The molecule has 1 fully saturated rings. The van der Waals surface area contributed by atoms with Gasteiger partial charge in [0.25, 0.3) is 5.91 Å². The minimum Gasteiger partial charge on any atom is -0.480 e. The van der Waals surface area contributed by atoms with Gasteiger partial charge in [0.1, 0.15) is 6.04 Å². The fourth-order valence-electron chi connectivity index (χ4n) is 2.35. The molecule has 0 spiro atoms. The van der Waals surface area contributed by atoms with Gasteiger partial charge in [0.15, 0.2) is 5.01 Å². The van der Waals surface area contributed by atoms with Gasteiger partial charge in [-0.2, -0.15) is 0 Å². The number of benzene rings is 1. The summed E-state index contributed by atoms with van der Waals surface area (Å²) in [5.41, 5.74) is 0.780. The van der Waals surface area contributed by atoms with Crippen molar-refractivity contribution in [3.05, 3.63) is 29.3 Å². The minimum absolute atomic E-state index is 0.272. The first kappa shape index (κ1) is 12.1. The van der Waals surface area contributed by atoms with E-state index in [9.17, 15) is 9.59 Å². The molecule has 1 N–H and O–H groups in total. The van der Waals surface area contributed by atoms with E-state index in [1.54, 1.807) is 0 Å². The van der Waals surface area contributed by atoms with Gasteiger partial charge in [0.05, 0.1) is 10.2 Å². The molecule has 0 bridgehead atoms. The molecule has 1 saturated heterocycles. The van der Waals surface area contributed by atoms with Crippen molar-refractivity contribution < 1.29 is 14.7 Å². The number of rotatable bonds is 2. The van der Waals surface area contributed by atoms with Crippen LogP contribution in [0.25, 0.3) is 10.2 Å². The highest BCUT2D eigenvalue weighted by molar-refractivity contribution is 7.20. The molecule has 0 radical (unpaired) electrons. The van der Waals surface area contributed by atoms with E-state index in [0.717, 1.165) is 16.6 Å². The maximum absolute atomic E-state index is 12.3. The van der Waals surface area contributed by atoms with Gasteiger partial charge in [-0.15, -0.1) is 11.3 Å². The summed E-state index contributed by atoms with van der Waals surface area (Å²) in [6, 6.07) is 6.81. The monoisotopic (exact) mass is 276 g/mol. The van der Waals surface area contributed by atoms with E-state index in [1.807, 2.05) is 24.3 Å². The predicted octanol–water partition coefficient (Wildman–Crippen LogP) is 1.99. The maximum Gasteiger partial charge on any atom is 0.326 e. The standard InChI is InChI=1S/C13H12N2O3S/c16-12(15-7-3-5-9(15)13(17)18)11-14-8-4-1-2-6-10(8)19-11/h1-2,4,6,9H,3,5,7H2,(H,17,18). The second-order valence-electron chi connectivity index (χ2n) is 4.48. The van der Waals surface area contributed by atoms with Gasteiger partial charge < -0.3 is 10.0 Å². The number of aliphatic carboxylic acids is 1. The third kappa shape index (κ3) is 2.08. The third-order valence-corrected chi connectivity index (χ3v) is 4.30. The summed E-state index contributed by atoms with van der Waals surface area (Å²) in [6.07, 6.45) is 1.25. The molecule has 98 valence electrons. The van der Waals surface area contributed by atoms with Gasteiger partial charge in [0, 0.05) is 6.54 Å². The number of carbonyl (C=O) groups excluding carboxylic acids is 1. The number of amides is 1. The maximum atomic E-state index is 12.3. The van der Waals surface area contributed by atoms with E-state index in [1.165, 1.54) is 16.2 Å². The molecule has 5 nitrogen and oxygen atoms in total. The number of thiazole rings is 1. The van der Waals surface area contributed by atoms with Gasteiger partial charge in [0.2, 0.25) is 0 Å². The van der Waals surface area contributed by atoms with Crippen LogP contribution in [0.4, 0.5) is 0 Å². The fraction of sp³-hybridized carbons (Fsp3) is 0.308. The van der Waals surface area contributed by atoms with Crippen LogP contribution in [-0.2, 0) is 4.79 Å². The Morgan fingerprint density at radius 1 is 1.37 bits per heavy atom. The number of fused-ring (bicyclic) bond motifs is 1. The first-order valence-corrected chi connectivity index (χ1v) is 6.88. The molecule has 0 aliphatic carbocycles. The van der Waals surface area contributed by atoms with Crippen molar-refractivity contribution in [3.8, 4) is 0 Å². The van der Waals surface area contributed by atoms with Crippen LogP contribution >= 0.6 is 11.3 Å². The zero-order valence-electron chi connectivity index (χ0n) is 10.1. The van der Waals surface area contributed by atoms with Crippen LogP contribution in [-0.4, -0.2) is 39.5 Å². The highest BCUT2D eigenvalue weighted by Crippen LogP contribution is 2.26. The normalized spacial score (nSPS) is 18.9. The Morgan fingerprint density at radius 3 is 2.89 bits per heavy atom. The van der Waals surface area contributed by atoms with E-state index in [4.69, 9.17) is 5.11 Å². The predicted molar refractivity (Wildman–Crippen MR) is 71.3 cm³/mol. The van der Waals surface area contributed by atoms with Crippen LogP contribution in [0.5, 0.6) is 0 Å². The summed E-state index contributed by atoms with van der Waals surface area (Å²) < 4.78 is 0.942. The van der Waals surface area contributed by atoms with Gasteiger partial charge in [-0.1, -0.05) is 12.1 Å². The molecule has 2 heterocycles. The highest BCUT2D eigenvalue weighted by Gasteiger charge is 2.35. The summed E-state index contributed by atoms with van der Waals surface area (Å²) >= 11 is 1.31. The van der Waals surface area contributed by atoms with Gasteiger partial charge in [-0.25, -0.2) is 9.78 Å². The molecule has 1 aliphatic rings. The lowest BCUT2D eigenvalue weighted by Gasteiger charge is -2.19. The molecular formula is C13H12N2O3S. The number of hydrogen-bond donors (Lipinski definition) is 1. The molecule has 1 amide bonds. The van der Waals surface area contributed by atoms with Crippen molar-refractivity contribution in [2.45, 2.75) is 18.9 Å². The van der Waals surface area contributed by atoms with Crippen LogP contribution in [0.1, 0.15) is 22.6 Å². The summed E-state index contributed by atoms with van der Waals surface area (Å²) in [5, 5.41) is 9.48. The second kappa shape index (κ2) is 4.62. The van der Waals surface area contributed by atoms with Gasteiger partial charge in [-0.3, -0.25) is 4.79 Å². The lowest BCUT2D eigenvalue weighted by Crippen LogP contribution is -2.40. The number of aromatic nitrogens is 1. The number of carboxylic acids is 1. The Kier molecular flexibility index (Phi) is 2.94. The Bertz CT molecular complexity index is 619. The van der Waals surface area contributed by atoms with Crippen molar-refractivity contribution in [3.63, 3.8) is 0 Å². The number of carbonyl (C=O) groups is 2. The number of likely N-dealkylation sites (tertiary alicyclic amines) is 1. The molecule has 1 aromatic carbocycles. The number of para-hydroxylation sites is 1. The van der Waals surface area contributed by atoms with Crippen LogP contribution in [0.3, 0.4) is 0 Å². The fourth-order valence-corrected chi connectivity index (χ4v) is 3.27. The number of nitrogens with zero attached hydrogens (tertiary/aromatic N) is 2. The first-order valence-electron chi connectivity index (χ1n) is 6.06. The minimum atomic E-state index is -0.938. The number of carboxylic acid groups (broad SMARTS) is 1. The molecule has 0 saturated carbocycles. The number of hydrogen-bond acceptors (Lipinski definition) is 4. The molecule has 2 aromatic rings. The van der Waals surface area contributed by atoms with Crippen LogP contribution < -0.4 is 0 Å². The lowest BCUT2D eigenvalue weighted by atomic mass is 10.2. The van der Waals surface area contributed by atoms with E-state index in [0.29, 0.717) is 18.0 Å². The summed E-state index contributed by atoms with van der Waals surface area (Å²) in [5.74, 6) is -1.21. The summed E-state index contributed by atoms with van der Waals surface area (Å²) in [4.78, 5) is 29.2. The topological polar surface area (TPSA) is 70.5 Å². The molecule has 6 heteroatoms. The largest absolute Gasteiger partial charge is 0.480 e. The Morgan fingerprint density at radius 2 is 2.16 bits per heavy atom. The van der Waals surface area contributed by atoms with Crippen molar-refractivity contribution >= 4 is 33.4 Å².